The molecule has 4 saturated carbocycles. The van der Waals surface area contributed by atoms with E-state index in [0.717, 1.165) is 19.3 Å². The molecule has 3 heterocycles. The normalized spacial score (nSPS) is 47.5. The molecule has 7 fully saturated rings. The molecule has 10 nitrogen and oxygen atoms in total. The second kappa shape index (κ2) is 6.89. The second-order valence-electron chi connectivity index (χ2n) is 10.5. The molecule has 0 radical (unpaired) electrons. The highest BCUT2D eigenvalue weighted by Gasteiger charge is 2.72. The minimum Gasteiger partial charge on any atom is -0.464 e. The lowest BCUT2D eigenvalue weighted by Crippen LogP contribution is -2.54. The van der Waals surface area contributed by atoms with Gasteiger partial charge in [0.15, 0.2) is 12.2 Å². The Morgan fingerprint density at radius 1 is 1.03 bits per heavy atom. The number of carbonyl (C=O) groups excluding carboxylic acids is 3. The standard InChI is InChI=1S/C21H26O10S/c22-18(28-1-2-32(25,26)27)12-13-15-16(30-19(13)23)17(14(12)29-15)31-20(24)21-6-9-3-10(7-21)5-11(4-9)8-21/h9-17H,1-8H2,(H,25,26,27). The fraction of sp³-hybridized carbons (Fsp3) is 0.857. The zero-order valence-corrected chi connectivity index (χ0v) is 18.2. The molecule has 7 aliphatic rings. The number of ether oxygens (including phenoxy) is 4. The maximum atomic E-state index is 13.4. The molecule has 1 N–H and O–H groups in total. The second-order valence-corrected chi connectivity index (χ2v) is 12.1. The van der Waals surface area contributed by atoms with E-state index < -0.39 is 76.1 Å². The van der Waals surface area contributed by atoms with Gasteiger partial charge >= 0.3 is 17.9 Å². The van der Waals surface area contributed by atoms with Crippen LogP contribution in [0.1, 0.15) is 38.5 Å². The lowest BCUT2D eigenvalue weighted by Gasteiger charge is -2.55. The Labute approximate surface area is 185 Å². The average Bonchev–Trinajstić information content (AvgIpc) is 3.29. The van der Waals surface area contributed by atoms with Crippen LogP contribution >= 0.6 is 0 Å². The molecule has 6 bridgehead atoms. The van der Waals surface area contributed by atoms with Gasteiger partial charge in [0.2, 0.25) is 0 Å². The summed E-state index contributed by atoms with van der Waals surface area (Å²) in [4.78, 5) is 38.5. The lowest BCUT2D eigenvalue weighted by atomic mass is 9.49. The van der Waals surface area contributed by atoms with E-state index in [4.69, 9.17) is 23.5 Å². The third-order valence-electron chi connectivity index (χ3n) is 8.48. The molecule has 0 aromatic heterocycles. The van der Waals surface area contributed by atoms with Crippen molar-refractivity contribution in [2.45, 2.75) is 62.9 Å². The maximum Gasteiger partial charge on any atom is 0.313 e. The Balaban J connectivity index is 1.19. The van der Waals surface area contributed by atoms with Crippen molar-refractivity contribution in [3.63, 3.8) is 0 Å². The van der Waals surface area contributed by atoms with Gasteiger partial charge in [-0.2, -0.15) is 8.42 Å². The van der Waals surface area contributed by atoms with E-state index in [9.17, 15) is 22.8 Å². The number of rotatable bonds is 6. The molecule has 6 unspecified atom stereocenters. The van der Waals surface area contributed by atoms with Crippen LogP contribution in [0.4, 0.5) is 0 Å². The fourth-order valence-electron chi connectivity index (χ4n) is 7.69. The molecule has 0 aromatic carbocycles. The van der Waals surface area contributed by atoms with Gasteiger partial charge in [-0.05, 0) is 56.3 Å². The zero-order chi connectivity index (χ0) is 22.4. The Kier molecular flexibility index (Phi) is 4.49. The highest BCUT2D eigenvalue weighted by molar-refractivity contribution is 7.85. The van der Waals surface area contributed by atoms with Gasteiger partial charge < -0.3 is 18.9 Å². The van der Waals surface area contributed by atoms with Crippen molar-refractivity contribution >= 4 is 28.0 Å². The summed E-state index contributed by atoms with van der Waals surface area (Å²) in [5, 5.41) is 0. The van der Waals surface area contributed by atoms with Gasteiger partial charge in [0.25, 0.3) is 10.1 Å². The summed E-state index contributed by atoms with van der Waals surface area (Å²) in [7, 11) is -4.29. The van der Waals surface area contributed by atoms with Crippen molar-refractivity contribution in [2.24, 2.45) is 35.0 Å². The predicted molar refractivity (Wildman–Crippen MR) is 103 cm³/mol. The number of hydrogen-bond donors (Lipinski definition) is 1. The van der Waals surface area contributed by atoms with Crippen LogP contribution in [-0.2, 0) is 43.4 Å². The minimum atomic E-state index is -4.29. The third-order valence-corrected chi connectivity index (χ3v) is 9.16. The molecule has 3 saturated heterocycles. The van der Waals surface area contributed by atoms with E-state index in [2.05, 4.69) is 0 Å². The van der Waals surface area contributed by atoms with Gasteiger partial charge in [-0.1, -0.05) is 0 Å². The summed E-state index contributed by atoms with van der Waals surface area (Å²) >= 11 is 0. The van der Waals surface area contributed by atoms with Crippen LogP contribution in [0.5, 0.6) is 0 Å². The number of hydrogen-bond acceptors (Lipinski definition) is 9. The summed E-state index contributed by atoms with van der Waals surface area (Å²) in [5.41, 5.74) is -0.496. The first-order chi connectivity index (χ1) is 15.1. The molecule has 6 atom stereocenters. The highest BCUT2D eigenvalue weighted by Crippen LogP contribution is 2.61. The Bertz CT molecular complexity index is 938. The zero-order valence-electron chi connectivity index (χ0n) is 17.4. The van der Waals surface area contributed by atoms with Crippen LogP contribution in [0.2, 0.25) is 0 Å². The number of carbonyl (C=O) groups is 3. The molecule has 176 valence electrons. The van der Waals surface area contributed by atoms with Crippen molar-refractivity contribution in [1.82, 2.24) is 0 Å². The van der Waals surface area contributed by atoms with Crippen LogP contribution in [0.3, 0.4) is 0 Å². The van der Waals surface area contributed by atoms with Crippen LogP contribution in [0.15, 0.2) is 0 Å². The molecular formula is C21H26O10S. The van der Waals surface area contributed by atoms with Crippen molar-refractivity contribution < 1.29 is 46.3 Å². The molecule has 4 aliphatic carbocycles. The molecule has 0 aromatic rings. The first kappa shape index (κ1) is 20.9. The Morgan fingerprint density at radius 2 is 1.66 bits per heavy atom. The van der Waals surface area contributed by atoms with Crippen molar-refractivity contribution in [2.75, 3.05) is 12.4 Å². The maximum absolute atomic E-state index is 13.4. The van der Waals surface area contributed by atoms with Crippen molar-refractivity contribution in [3.8, 4) is 0 Å². The molecule has 11 heteroatoms. The van der Waals surface area contributed by atoms with E-state index in [1.807, 2.05) is 0 Å². The van der Waals surface area contributed by atoms with Crippen molar-refractivity contribution in [3.05, 3.63) is 0 Å². The summed E-state index contributed by atoms with van der Waals surface area (Å²) in [6, 6.07) is 0. The van der Waals surface area contributed by atoms with Gasteiger partial charge in [-0.15, -0.1) is 0 Å². The summed E-state index contributed by atoms with van der Waals surface area (Å²) in [5.74, 6) is -2.68. The molecule has 3 aliphatic heterocycles. The van der Waals surface area contributed by atoms with E-state index in [1.54, 1.807) is 0 Å². The highest BCUT2D eigenvalue weighted by atomic mass is 32.2. The summed E-state index contributed by atoms with van der Waals surface area (Å²) < 4.78 is 52.8. The predicted octanol–water partition coefficient (Wildman–Crippen LogP) is 0.484. The summed E-state index contributed by atoms with van der Waals surface area (Å²) in [6.45, 7) is -0.547. The van der Waals surface area contributed by atoms with Gasteiger partial charge in [0, 0.05) is 0 Å². The minimum absolute atomic E-state index is 0.282. The number of fused-ring (bicyclic) bond motifs is 1. The average molecular weight is 470 g/mol. The van der Waals surface area contributed by atoms with Gasteiger partial charge in [0.1, 0.15) is 36.4 Å². The van der Waals surface area contributed by atoms with E-state index >= 15 is 0 Å². The van der Waals surface area contributed by atoms with E-state index in [1.165, 1.54) is 19.3 Å². The van der Waals surface area contributed by atoms with Crippen LogP contribution in [0.25, 0.3) is 0 Å². The largest absolute Gasteiger partial charge is 0.464 e. The van der Waals surface area contributed by atoms with Crippen LogP contribution in [-0.4, -0.2) is 67.7 Å². The molecule has 32 heavy (non-hydrogen) atoms. The van der Waals surface area contributed by atoms with E-state index in [0.29, 0.717) is 17.8 Å². The third kappa shape index (κ3) is 3.11. The SMILES string of the molecule is O=C1OC2C(OC(=O)C34CC5CC(CC(C5)C3)C4)C3OC2C1C3C(=O)OCCS(=O)(=O)O. The fourth-order valence-corrected chi connectivity index (χ4v) is 7.99. The van der Waals surface area contributed by atoms with Crippen LogP contribution < -0.4 is 0 Å². The van der Waals surface area contributed by atoms with Gasteiger partial charge in [-0.25, -0.2) is 0 Å². The van der Waals surface area contributed by atoms with Crippen LogP contribution in [0, 0.1) is 35.0 Å². The number of esters is 3. The topological polar surface area (TPSA) is 142 Å². The van der Waals surface area contributed by atoms with Crippen molar-refractivity contribution in [1.29, 1.82) is 0 Å². The molecular weight excluding hydrogens is 444 g/mol. The monoisotopic (exact) mass is 470 g/mol. The van der Waals surface area contributed by atoms with Gasteiger partial charge in [-0.3, -0.25) is 18.9 Å². The quantitative estimate of drug-likeness (QED) is 0.331. The molecule has 0 spiro atoms. The van der Waals surface area contributed by atoms with E-state index in [-0.39, 0.29) is 5.97 Å². The first-order valence-electron chi connectivity index (χ1n) is 11.3. The summed E-state index contributed by atoms with van der Waals surface area (Å²) in [6.07, 6.45) is 2.84. The molecule has 7 rings (SSSR count). The van der Waals surface area contributed by atoms with Gasteiger partial charge in [0.05, 0.1) is 5.41 Å². The lowest BCUT2D eigenvalue weighted by molar-refractivity contribution is -0.186. The Hall–Kier alpha value is -1.72. The Morgan fingerprint density at radius 3 is 2.25 bits per heavy atom. The molecule has 0 amide bonds. The smallest absolute Gasteiger partial charge is 0.313 e. The first-order valence-corrected chi connectivity index (χ1v) is 12.9.